The van der Waals surface area contributed by atoms with Gasteiger partial charge in [0.1, 0.15) is 29.8 Å². The molecule has 0 spiro atoms. The summed E-state index contributed by atoms with van der Waals surface area (Å²) in [4.78, 5) is 24.2. The number of fused-ring (bicyclic) bond motifs is 3. The van der Waals surface area contributed by atoms with Crippen LogP contribution >= 0.6 is 11.6 Å². The number of halogens is 2. The maximum Gasteiger partial charge on any atom is 0.248 e. The van der Waals surface area contributed by atoms with Crippen LogP contribution in [0.15, 0.2) is 48.8 Å². The molecule has 0 radical (unpaired) electrons. The Morgan fingerprint density at radius 1 is 1.24 bits per heavy atom. The number of hydrogen-bond acceptors (Lipinski definition) is 7. The molecule has 2 aromatic carbocycles. The van der Waals surface area contributed by atoms with Gasteiger partial charge < -0.3 is 20.1 Å². The Kier molecular flexibility index (Phi) is 7.14. The van der Waals surface area contributed by atoms with E-state index in [9.17, 15) is 9.18 Å². The number of nitrogens with zero attached hydrogens (tertiary/aromatic N) is 3. The van der Waals surface area contributed by atoms with Crippen molar-refractivity contribution in [2.45, 2.75) is 37.8 Å². The van der Waals surface area contributed by atoms with Crippen molar-refractivity contribution in [2.75, 3.05) is 36.9 Å². The number of nitrogens with one attached hydrogen (secondary N) is 2. The van der Waals surface area contributed by atoms with Crippen LogP contribution in [-0.2, 0) is 9.53 Å². The lowest BCUT2D eigenvalue weighted by Crippen LogP contribution is -2.32. The lowest BCUT2D eigenvalue weighted by Gasteiger charge is -2.25. The zero-order valence-electron chi connectivity index (χ0n) is 20.8. The Bertz CT molecular complexity index is 1380. The first kappa shape index (κ1) is 25.0. The number of carbonyl (C=O) groups is 1. The Morgan fingerprint density at radius 2 is 2.16 bits per heavy atom. The van der Waals surface area contributed by atoms with E-state index in [1.54, 1.807) is 24.3 Å². The maximum atomic E-state index is 13.6. The fourth-order valence-corrected chi connectivity index (χ4v) is 5.78. The molecule has 38 heavy (non-hydrogen) atoms. The average Bonchev–Trinajstić information content (AvgIpc) is 3.66. The van der Waals surface area contributed by atoms with E-state index in [0.29, 0.717) is 53.1 Å². The highest BCUT2D eigenvalue weighted by atomic mass is 35.5. The summed E-state index contributed by atoms with van der Waals surface area (Å²) in [6.07, 6.45) is 9.48. The average molecular weight is 538 g/mol. The third-order valence-electron chi connectivity index (χ3n) is 7.49. The molecule has 3 aromatic rings. The van der Waals surface area contributed by atoms with Gasteiger partial charge in [0.2, 0.25) is 5.91 Å². The van der Waals surface area contributed by atoms with E-state index in [4.69, 9.17) is 21.1 Å². The van der Waals surface area contributed by atoms with Gasteiger partial charge in [-0.05, 0) is 49.4 Å². The number of carbonyl (C=O) groups excluding carboxylic acids is 1. The van der Waals surface area contributed by atoms with Gasteiger partial charge in [0.25, 0.3) is 0 Å². The SMILES string of the molecule is O=C(/C=C/CN1CC2CCC1C2)Nc1cc2c(Nc3ccc(F)c(Cl)c3)ncnc2cc1O[C@H]1CCOC1. The number of ether oxygens (including phenoxy) is 2. The first-order valence-corrected chi connectivity index (χ1v) is 13.4. The number of benzene rings is 2. The van der Waals surface area contributed by atoms with Crippen LogP contribution in [0.25, 0.3) is 10.9 Å². The Labute approximate surface area is 225 Å². The lowest BCUT2D eigenvalue weighted by atomic mass is 10.1. The van der Waals surface area contributed by atoms with Crippen molar-refractivity contribution in [3.05, 3.63) is 59.7 Å². The lowest BCUT2D eigenvalue weighted by molar-refractivity contribution is -0.111. The van der Waals surface area contributed by atoms with Gasteiger partial charge in [0, 0.05) is 48.8 Å². The van der Waals surface area contributed by atoms with Crippen molar-refractivity contribution in [1.82, 2.24) is 14.9 Å². The number of amides is 1. The standard InChI is InChI=1S/C28H29ClFN5O3/c29-22-11-18(4-6-23(22)30)33-28-21-12-25(26(13-24(21)31-16-32-28)38-20-7-9-37-15-20)34-27(36)2-1-8-35-14-17-3-5-19(35)10-17/h1-2,4,6,11-13,16-17,19-20H,3,5,7-10,14-15H2,(H,34,36)(H,31,32,33)/b2-1+/t17?,19?,20-/m0/s1. The number of piperidine rings is 1. The van der Waals surface area contributed by atoms with Crippen molar-refractivity contribution in [2.24, 2.45) is 5.92 Å². The third-order valence-corrected chi connectivity index (χ3v) is 7.78. The van der Waals surface area contributed by atoms with Crippen LogP contribution in [-0.4, -0.2) is 59.2 Å². The van der Waals surface area contributed by atoms with Gasteiger partial charge in [0.05, 0.1) is 29.4 Å². The van der Waals surface area contributed by atoms with Gasteiger partial charge in [0.15, 0.2) is 0 Å². The predicted octanol–water partition coefficient (Wildman–Crippen LogP) is 5.31. The minimum absolute atomic E-state index is 0.00401. The molecule has 1 saturated carbocycles. The summed E-state index contributed by atoms with van der Waals surface area (Å²) in [7, 11) is 0. The molecule has 3 heterocycles. The van der Waals surface area contributed by atoms with Crippen molar-refractivity contribution in [3.8, 4) is 5.75 Å². The molecular formula is C28H29ClFN5O3. The van der Waals surface area contributed by atoms with Crippen LogP contribution in [0.1, 0.15) is 25.7 Å². The quantitative estimate of drug-likeness (QED) is 0.376. The van der Waals surface area contributed by atoms with Crippen LogP contribution in [0, 0.1) is 11.7 Å². The van der Waals surface area contributed by atoms with Gasteiger partial charge >= 0.3 is 0 Å². The molecule has 3 atom stereocenters. The van der Waals surface area contributed by atoms with E-state index in [-0.39, 0.29) is 17.0 Å². The van der Waals surface area contributed by atoms with E-state index in [1.165, 1.54) is 37.7 Å². The summed E-state index contributed by atoms with van der Waals surface area (Å²) >= 11 is 5.95. The van der Waals surface area contributed by atoms with Crippen molar-refractivity contribution < 1.29 is 18.7 Å². The number of likely N-dealkylation sites (tertiary alicyclic amines) is 1. The summed E-state index contributed by atoms with van der Waals surface area (Å²) < 4.78 is 25.3. The Morgan fingerprint density at radius 3 is 2.92 bits per heavy atom. The third kappa shape index (κ3) is 5.45. The van der Waals surface area contributed by atoms with E-state index in [0.717, 1.165) is 25.4 Å². The predicted molar refractivity (Wildman–Crippen MR) is 145 cm³/mol. The zero-order valence-corrected chi connectivity index (χ0v) is 21.6. The molecule has 3 aliphatic rings. The van der Waals surface area contributed by atoms with E-state index >= 15 is 0 Å². The molecule has 2 saturated heterocycles. The van der Waals surface area contributed by atoms with Gasteiger partial charge in [-0.15, -0.1) is 0 Å². The highest BCUT2D eigenvalue weighted by molar-refractivity contribution is 6.31. The summed E-state index contributed by atoms with van der Waals surface area (Å²) in [6, 6.07) is 8.59. The van der Waals surface area contributed by atoms with E-state index < -0.39 is 5.82 Å². The van der Waals surface area contributed by atoms with Crippen molar-refractivity contribution in [3.63, 3.8) is 0 Å². The Hall–Kier alpha value is -3.27. The molecule has 2 N–H and O–H groups in total. The van der Waals surface area contributed by atoms with Gasteiger partial charge in [-0.25, -0.2) is 14.4 Å². The smallest absolute Gasteiger partial charge is 0.248 e. The Balaban J connectivity index is 1.25. The molecule has 8 nitrogen and oxygen atoms in total. The molecule has 6 rings (SSSR count). The van der Waals surface area contributed by atoms with Crippen molar-refractivity contribution >= 4 is 45.6 Å². The molecular weight excluding hydrogens is 509 g/mol. The summed E-state index contributed by atoms with van der Waals surface area (Å²) in [5.41, 5.74) is 1.71. The van der Waals surface area contributed by atoms with Crippen LogP contribution < -0.4 is 15.4 Å². The monoisotopic (exact) mass is 537 g/mol. The summed E-state index contributed by atoms with van der Waals surface area (Å²) in [5.74, 6) is 1.08. The fraction of sp³-hybridized carbons (Fsp3) is 0.393. The number of hydrogen-bond donors (Lipinski definition) is 2. The van der Waals surface area contributed by atoms with Gasteiger partial charge in [-0.2, -0.15) is 0 Å². The highest BCUT2D eigenvalue weighted by Gasteiger charge is 2.36. The zero-order chi connectivity index (χ0) is 26.1. The molecule has 3 fully saturated rings. The molecule has 1 amide bonds. The minimum Gasteiger partial charge on any atom is -0.486 e. The number of aromatic nitrogens is 2. The van der Waals surface area contributed by atoms with E-state index in [2.05, 4.69) is 25.5 Å². The van der Waals surface area contributed by atoms with Crippen molar-refractivity contribution in [1.29, 1.82) is 0 Å². The highest BCUT2D eigenvalue weighted by Crippen LogP contribution is 2.37. The maximum absolute atomic E-state index is 13.6. The van der Waals surface area contributed by atoms with E-state index in [1.807, 2.05) is 6.08 Å². The molecule has 1 aromatic heterocycles. The molecule has 2 unspecified atom stereocenters. The molecule has 10 heteroatoms. The second kappa shape index (κ2) is 10.8. The van der Waals surface area contributed by atoms with Gasteiger partial charge in [-0.3, -0.25) is 9.69 Å². The normalized spacial score (nSPS) is 22.9. The minimum atomic E-state index is -0.502. The number of anilines is 3. The second-order valence-electron chi connectivity index (χ2n) is 10.1. The largest absolute Gasteiger partial charge is 0.486 e. The van der Waals surface area contributed by atoms with Crippen LogP contribution in [0.3, 0.4) is 0 Å². The van der Waals surface area contributed by atoms with Crippen LogP contribution in [0.5, 0.6) is 5.75 Å². The topological polar surface area (TPSA) is 88.6 Å². The van der Waals surface area contributed by atoms with Crippen LogP contribution in [0.4, 0.5) is 21.6 Å². The molecule has 2 aliphatic heterocycles. The second-order valence-corrected chi connectivity index (χ2v) is 10.5. The molecule has 2 bridgehead atoms. The fourth-order valence-electron chi connectivity index (χ4n) is 5.59. The van der Waals surface area contributed by atoms with Crippen LogP contribution in [0.2, 0.25) is 5.02 Å². The van der Waals surface area contributed by atoms with Gasteiger partial charge in [-0.1, -0.05) is 17.7 Å². The summed E-state index contributed by atoms with van der Waals surface area (Å²) in [6.45, 7) is 3.03. The first-order valence-electron chi connectivity index (χ1n) is 13.0. The molecule has 1 aliphatic carbocycles. The first-order chi connectivity index (χ1) is 18.5. The molecule has 198 valence electrons. The summed E-state index contributed by atoms with van der Waals surface area (Å²) in [5, 5.41) is 6.82. The number of rotatable bonds is 8.